The van der Waals surface area contributed by atoms with E-state index in [1.165, 1.54) is 0 Å². The molecule has 0 aromatic heterocycles. The number of carbonyl (C=O) groups excluding carboxylic acids is 1. The van der Waals surface area contributed by atoms with Gasteiger partial charge in [0.15, 0.2) is 0 Å². The number of carbonyl (C=O) groups is 2. The molecule has 1 rings (SSSR count). The topological polar surface area (TPSA) is 66.4 Å². The van der Waals surface area contributed by atoms with Gasteiger partial charge in [-0.3, -0.25) is 4.79 Å². The monoisotopic (exact) mass is 263 g/mol. The van der Waals surface area contributed by atoms with E-state index in [0.717, 1.165) is 11.1 Å². The highest BCUT2D eigenvalue weighted by atomic mass is 16.4. The van der Waals surface area contributed by atoms with E-state index in [9.17, 15) is 14.7 Å². The molecule has 0 aliphatic rings. The Morgan fingerprint density at radius 3 is 2.21 bits per heavy atom. The Labute approximate surface area is 113 Å². The van der Waals surface area contributed by atoms with Crippen LogP contribution in [-0.2, 0) is 4.79 Å². The molecular weight excluding hydrogens is 242 g/mol. The fraction of sp³-hybridized carbons (Fsp3) is 0.467. The van der Waals surface area contributed by atoms with E-state index in [4.69, 9.17) is 0 Å². The summed E-state index contributed by atoms with van der Waals surface area (Å²) in [6.45, 7) is 9.15. The number of hydrogen-bond acceptors (Lipinski definition) is 2. The molecule has 0 fully saturated rings. The zero-order chi connectivity index (χ0) is 14.8. The molecule has 4 nitrogen and oxygen atoms in total. The van der Waals surface area contributed by atoms with Gasteiger partial charge >= 0.3 is 5.97 Å². The highest BCUT2D eigenvalue weighted by Gasteiger charge is 2.32. The fourth-order valence-electron chi connectivity index (χ4n) is 1.93. The second-order valence-corrected chi connectivity index (χ2v) is 5.93. The standard InChI is InChI=1S/C15H21NO3/c1-9-6-7-11(10(2)8-9)13(17)16-12(14(18)19)15(3,4)5/h6-8,12H,1-5H3,(H,16,17)(H,18,19)/t12-/m1/s1. The molecule has 0 spiro atoms. The lowest BCUT2D eigenvalue weighted by Gasteiger charge is -2.28. The summed E-state index contributed by atoms with van der Waals surface area (Å²) >= 11 is 0. The number of aryl methyl sites for hydroxylation is 2. The molecule has 0 unspecified atom stereocenters. The molecule has 1 aromatic rings. The van der Waals surface area contributed by atoms with E-state index in [2.05, 4.69) is 5.32 Å². The Bertz CT molecular complexity index is 501. The first-order valence-corrected chi connectivity index (χ1v) is 6.24. The van der Waals surface area contributed by atoms with Crippen molar-refractivity contribution in [2.75, 3.05) is 0 Å². The van der Waals surface area contributed by atoms with Crippen LogP contribution in [0.3, 0.4) is 0 Å². The van der Waals surface area contributed by atoms with Gasteiger partial charge in [-0.1, -0.05) is 38.5 Å². The number of carboxylic acids is 1. The quantitative estimate of drug-likeness (QED) is 0.880. The van der Waals surface area contributed by atoms with Gasteiger partial charge in [0.1, 0.15) is 6.04 Å². The van der Waals surface area contributed by atoms with Gasteiger partial charge in [0.2, 0.25) is 0 Å². The summed E-state index contributed by atoms with van der Waals surface area (Å²) in [6.07, 6.45) is 0. The largest absolute Gasteiger partial charge is 0.480 e. The molecule has 0 aliphatic heterocycles. The van der Waals surface area contributed by atoms with Crippen LogP contribution in [0.15, 0.2) is 18.2 Å². The third-order valence-corrected chi connectivity index (χ3v) is 3.01. The Kier molecular flexibility index (Phi) is 4.35. The Balaban J connectivity index is 2.98. The molecule has 104 valence electrons. The SMILES string of the molecule is Cc1ccc(C(=O)N[C@H](C(=O)O)C(C)(C)C)c(C)c1. The Morgan fingerprint density at radius 2 is 1.79 bits per heavy atom. The van der Waals surface area contributed by atoms with Crippen LogP contribution < -0.4 is 5.32 Å². The van der Waals surface area contributed by atoms with E-state index in [1.54, 1.807) is 26.8 Å². The number of hydrogen-bond donors (Lipinski definition) is 2. The Morgan fingerprint density at radius 1 is 1.21 bits per heavy atom. The number of amides is 1. The summed E-state index contributed by atoms with van der Waals surface area (Å²) in [7, 11) is 0. The van der Waals surface area contributed by atoms with E-state index in [0.29, 0.717) is 5.56 Å². The van der Waals surface area contributed by atoms with Crippen molar-refractivity contribution in [3.63, 3.8) is 0 Å². The highest BCUT2D eigenvalue weighted by Crippen LogP contribution is 2.20. The number of rotatable bonds is 3. The number of nitrogens with one attached hydrogen (secondary N) is 1. The minimum Gasteiger partial charge on any atom is -0.480 e. The van der Waals surface area contributed by atoms with Crippen molar-refractivity contribution in [3.8, 4) is 0 Å². The van der Waals surface area contributed by atoms with E-state index in [1.807, 2.05) is 26.0 Å². The van der Waals surface area contributed by atoms with Crippen LogP contribution >= 0.6 is 0 Å². The second-order valence-electron chi connectivity index (χ2n) is 5.93. The first-order chi connectivity index (χ1) is 8.62. The van der Waals surface area contributed by atoms with Gasteiger partial charge < -0.3 is 10.4 Å². The van der Waals surface area contributed by atoms with Gasteiger partial charge in [-0.25, -0.2) is 4.79 Å². The van der Waals surface area contributed by atoms with E-state index >= 15 is 0 Å². The summed E-state index contributed by atoms with van der Waals surface area (Å²) in [5.41, 5.74) is 1.89. The van der Waals surface area contributed by atoms with Gasteiger partial charge in [0.25, 0.3) is 5.91 Å². The highest BCUT2D eigenvalue weighted by molar-refractivity contribution is 5.98. The lowest BCUT2D eigenvalue weighted by molar-refractivity contribution is -0.142. The summed E-state index contributed by atoms with van der Waals surface area (Å²) in [5, 5.41) is 11.8. The summed E-state index contributed by atoms with van der Waals surface area (Å²) in [5.74, 6) is -1.37. The van der Waals surface area contributed by atoms with Crippen LogP contribution in [0.2, 0.25) is 0 Å². The zero-order valence-corrected chi connectivity index (χ0v) is 12.1. The predicted octanol–water partition coefficient (Wildman–Crippen LogP) is 2.53. The van der Waals surface area contributed by atoms with Crippen molar-refractivity contribution in [2.45, 2.75) is 40.7 Å². The van der Waals surface area contributed by atoms with Crippen LogP contribution in [0.1, 0.15) is 42.3 Å². The van der Waals surface area contributed by atoms with Crippen molar-refractivity contribution in [3.05, 3.63) is 34.9 Å². The number of carboxylic acid groups (broad SMARTS) is 1. The smallest absolute Gasteiger partial charge is 0.326 e. The van der Waals surface area contributed by atoms with Crippen LogP contribution in [0, 0.1) is 19.3 Å². The Hall–Kier alpha value is -1.84. The van der Waals surface area contributed by atoms with Gasteiger partial charge in [0.05, 0.1) is 0 Å². The van der Waals surface area contributed by atoms with Crippen molar-refractivity contribution < 1.29 is 14.7 Å². The second kappa shape index (κ2) is 5.43. The molecular formula is C15H21NO3. The molecule has 2 N–H and O–H groups in total. The van der Waals surface area contributed by atoms with Crippen LogP contribution in [0.5, 0.6) is 0 Å². The summed E-state index contributed by atoms with van der Waals surface area (Å²) < 4.78 is 0. The molecule has 0 aliphatic carbocycles. The maximum Gasteiger partial charge on any atom is 0.326 e. The number of benzene rings is 1. The molecule has 0 bridgehead atoms. The van der Waals surface area contributed by atoms with Gasteiger partial charge in [-0.05, 0) is 30.9 Å². The van der Waals surface area contributed by atoms with Gasteiger partial charge in [-0.2, -0.15) is 0 Å². The molecule has 1 aromatic carbocycles. The minimum absolute atomic E-state index is 0.347. The van der Waals surface area contributed by atoms with Gasteiger partial charge in [0, 0.05) is 5.56 Å². The lowest BCUT2D eigenvalue weighted by Crippen LogP contribution is -2.49. The number of aliphatic carboxylic acids is 1. The molecule has 0 heterocycles. The normalized spacial score (nSPS) is 12.9. The first kappa shape index (κ1) is 15.2. The lowest BCUT2D eigenvalue weighted by atomic mass is 9.86. The average molecular weight is 263 g/mol. The maximum atomic E-state index is 12.2. The van der Waals surface area contributed by atoms with Crippen molar-refractivity contribution in [2.24, 2.45) is 5.41 Å². The summed E-state index contributed by atoms with van der Waals surface area (Å²) in [4.78, 5) is 23.4. The zero-order valence-electron chi connectivity index (χ0n) is 12.1. The minimum atomic E-state index is -1.02. The maximum absolute atomic E-state index is 12.2. The van der Waals surface area contributed by atoms with Crippen LogP contribution in [0.25, 0.3) is 0 Å². The first-order valence-electron chi connectivity index (χ1n) is 6.24. The van der Waals surface area contributed by atoms with E-state index < -0.39 is 17.4 Å². The average Bonchev–Trinajstić information content (AvgIpc) is 2.23. The molecule has 0 saturated heterocycles. The molecule has 0 saturated carbocycles. The van der Waals surface area contributed by atoms with Crippen LogP contribution in [-0.4, -0.2) is 23.0 Å². The molecule has 1 amide bonds. The van der Waals surface area contributed by atoms with Crippen molar-refractivity contribution >= 4 is 11.9 Å². The third kappa shape index (κ3) is 3.81. The predicted molar refractivity (Wildman–Crippen MR) is 74.3 cm³/mol. The molecule has 1 atom stereocenters. The fourth-order valence-corrected chi connectivity index (χ4v) is 1.93. The molecule has 4 heteroatoms. The van der Waals surface area contributed by atoms with E-state index in [-0.39, 0.29) is 5.91 Å². The molecule has 0 radical (unpaired) electrons. The van der Waals surface area contributed by atoms with Crippen molar-refractivity contribution in [1.29, 1.82) is 0 Å². The third-order valence-electron chi connectivity index (χ3n) is 3.01. The summed E-state index contributed by atoms with van der Waals surface area (Å²) in [6, 6.07) is 4.55. The van der Waals surface area contributed by atoms with Gasteiger partial charge in [-0.15, -0.1) is 0 Å². The van der Waals surface area contributed by atoms with Crippen LogP contribution in [0.4, 0.5) is 0 Å². The molecule has 19 heavy (non-hydrogen) atoms. The van der Waals surface area contributed by atoms with Crippen molar-refractivity contribution in [1.82, 2.24) is 5.32 Å².